The Kier molecular flexibility index (Phi) is 7.84. The molecule has 9 heteroatoms. The Morgan fingerprint density at radius 3 is 2.85 bits per heavy atom. The molecular formula is C25H30FN5O3. The molecule has 3 aromatic rings. The average Bonchev–Trinajstić information content (AvgIpc) is 3.34. The number of ether oxygens (including phenoxy) is 1. The Bertz CT molecular complexity index is 1100. The summed E-state index contributed by atoms with van der Waals surface area (Å²) >= 11 is 0. The van der Waals surface area contributed by atoms with Crippen molar-refractivity contribution in [1.29, 1.82) is 0 Å². The van der Waals surface area contributed by atoms with E-state index in [0.717, 1.165) is 25.1 Å². The SMILES string of the molecule is CC(C)OCCCNC(=O)C1CCN(c2ncccc2-c2nc(-c3cccc(F)c3)no2)CC1. The fourth-order valence-corrected chi connectivity index (χ4v) is 3.99. The molecule has 1 aromatic carbocycles. The third kappa shape index (κ3) is 5.96. The minimum Gasteiger partial charge on any atom is -0.379 e. The predicted molar refractivity (Wildman–Crippen MR) is 127 cm³/mol. The number of benzene rings is 1. The number of rotatable bonds is 9. The molecule has 0 radical (unpaired) electrons. The molecule has 1 amide bonds. The average molecular weight is 468 g/mol. The summed E-state index contributed by atoms with van der Waals surface area (Å²) in [4.78, 5) is 23.7. The zero-order valence-corrected chi connectivity index (χ0v) is 19.5. The van der Waals surface area contributed by atoms with Crippen LogP contribution >= 0.6 is 0 Å². The number of carbonyl (C=O) groups excluding carboxylic acids is 1. The first kappa shape index (κ1) is 23.8. The van der Waals surface area contributed by atoms with Gasteiger partial charge in [0.1, 0.15) is 11.6 Å². The summed E-state index contributed by atoms with van der Waals surface area (Å²) in [6.07, 6.45) is 4.21. The van der Waals surface area contributed by atoms with Crippen molar-refractivity contribution in [3.8, 4) is 22.8 Å². The monoisotopic (exact) mass is 467 g/mol. The minimum absolute atomic E-state index is 0.0163. The van der Waals surface area contributed by atoms with Crippen molar-refractivity contribution in [2.45, 2.75) is 39.2 Å². The van der Waals surface area contributed by atoms with Crippen LogP contribution in [0.2, 0.25) is 0 Å². The zero-order valence-electron chi connectivity index (χ0n) is 19.5. The van der Waals surface area contributed by atoms with Crippen LogP contribution in [0.1, 0.15) is 33.1 Å². The van der Waals surface area contributed by atoms with Crippen molar-refractivity contribution in [3.63, 3.8) is 0 Å². The Labute approximate surface area is 198 Å². The van der Waals surface area contributed by atoms with Crippen molar-refractivity contribution in [2.24, 2.45) is 5.92 Å². The van der Waals surface area contributed by atoms with Crippen molar-refractivity contribution < 1.29 is 18.4 Å². The summed E-state index contributed by atoms with van der Waals surface area (Å²) in [5.74, 6) is 1.10. The molecule has 0 saturated carbocycles. The molecule has 2 aromatic heterocycles. The van der Waals surface area contributed by atoms with Crippen LogP contribution in [0.5, 0.6) is 0 Å². The van der Waals surface area contributed by atoms with Gasteiger partial charge in [-0.25, -0.2) is 9.37 Å². The van der Waals surface area contributed by atoms with Gasteiger partial charge in [0.2, 0.25) is 11.7 Å². The van der Waals surface area contributed by atoms with Gasteiger partial charge in [-0.15, -0.1) is 0 Å². The number of anilines is 1. The molecule has 0 aliphatic carbocycles. The molecule has 1 N–H and O–H groups in total. The number of halogens is 1. The van der Waals surface area contributed by atoms with Crippen molar-refractivity contribution in [3.05, 3.63) is 48.4 Å². The van der Waals surface area contributed by atoms with E-state index in [1.165, 1.54) is 12.1 Å². The number of aromatic nitrogens is 3. The first-order chi connectivity index (χ1) is 16.5. The normalized spacial score (nSPS) is 14.5. The highest BCUT2D eigenvalue weighted by atomic mass is 19.1. The summed E-state index contributed by atoms with van der Waals surface area (Å²) in [6.45, 7) is 6.67. The standard InChI is InChI=1S/C25H30FN5O3/c1-17(2)33-15-5-12-28-24(32)18-9-13-31(14-10-18)23-21(8-4-11-27-23)25-29-22(30-34-25)19-6-3-7-20(26)16-19/h3-4,6-8,11,16-18H,5,9-10,12-15H2,1-2H3,(H,28,32). The molecule has 1 aliphatic heterocycles. The van der Waals surface area contributed by atoms with Gasteiger partial charge in [-0.05, 0) is 57.4 Å². The van der Waals surface area contributed by atoms with E-state index in [1.807, 2.05) is 26.0 Å². The minimum atomic E-state index is -0.360. The highest BCUT2D eigenvalue weighted by molar-refractivity contribution is 5.79. The lowest BCUT2D eigenvalue weighted by Gasteiger charge is -2.32. The van der Waals surface area contributed by atoms with E-state index in [9.17, 15) is 9.18 Å². The molecule has 180 valence electrons. The topological polar surface area (TPSA) is 93.4 Å². The van der Waals surface area contributed by atoms with Gasteiger partial charge < -0.3 is 19.5 Å². The molecule has 0 atom stereocenters. The van der Waals surface area contributed by atoms with Crippen LogP contribution < -0.4 is 10.2 Å². The van der Waals surface area contributed by atoms with E-state index in [1.54, 1.807) is 18.3 Å². The van der Waals surface area contributed by atoms with Crippen LogP contribution in [0.4, 0.5) is 10.2 Å². The molecule has 34 heavy (non-hydrogen) atoms. The van der Waals surface area contributed by atoms with Crippen molar-refractivity contribution in [1.82, 2.24) is 20.4 Å². The van der Waals surface area contributed by atoms with Crippen LogP contribution in [0.3, 0.4) is 0 Å². The summed E-state index contributed by atoms with van der Waals surface area (Å²) in [5, 5.41) is 7.04. The predicted octanol–water partition coefficient (Wildman–Crippen LogP) is 4.09. The van der Waals surface area contributed by atoms with Gasteiger partial charge in [0.05, 0.1) is 11.7 Å². The molecule has 8 nitrogen and oxygen atoms in total. The van der Waals surface area contributed by atoms with E-state index in [4.69, 9.17) is 9.26 Å². The van der Waals surface area contributed by atoms with Gasteiger partial charge in [0, 0.05) is 43.9 Å². The smallest absolute Gasteiger partial charge is 0.261 e. The van der Waals surface area contributed by atoms with Crippen LogP contribution in [0.15, 0.2) is 47.1 Å². The third-order valence-corrected chi connectivity index (χ3v) is 5.76. The van der Waals surface area contributed by atoms with Crippen LogP contribution in [-0.4, -0.2) is 53.4 Å². The van der Waals surface area contributed by atoms with Crippen LogP contribution in [-0.2, 0) is 9.53 Å². The fourth-order valence-electron chi connectivity index (χ4n) is 3.99. The van der Waals surface area contributed by atoms with Gasteiger partial charge in [0.15, 0.2) is 0 Å². The maximum atomic E-state index is 13.6. The van der Waals surface area contributed by atoms with E-state index < -0.39 is 0 Å². The largest absolute Gasteiger partial charge is 0.379 e. The summed E-state index contributed by atoms with van der Waals surface area (Å²) in [6, 6.07) is 9.77. The van der Waals surface area contributed by atoms with Crippen LogP contribution in [0, 0.1) is 11.7 Å². The van der Waals surface area contributed by atoms with Gasteiger partial charge in [-0.3, -0.25) is 4.79 Å². The van der Waals surface area contributed by atoms with E-state index in [0.29, 0.717) is 49.1 Å². The molecular weight excluding hydrogens is 437 g/mol. The number of piperidine rings is 1. The van der Waals surface area contributed by atoms with E-state index >= 15 is 0 Å². The highest BCUT2D eigenvalue weighted by Gasteiger charge is 2.27. The second-order valence-electron chi connectivity index (χ2n) is 8.63. The molecule has 0 spiro atoms. The quantitative estimate of drug-likeness (QED) is 0.474. The second-order valence-corrected chi connectivity index (χ2v) is 8.63. The van der Waals surface area contributed by atoms with Gasteiger partial charge >= 0.3 is 0 Å². The first-order valence-electron chi connectivity index (χ1n) is 11.7. The lowest BCUT2D eigenvalue weighted by atomic mass is 9.95. The Morgan fingerprint density at radius 2 is 2.09 bits per heavy atom. The lowest BCUT2D eigenvalue weighted by Crippen LogP contribution is -2.41. The van der Waals surface area contributed by atoms with Gasteiger partial charge in [0.25, 0.3) is 5.89 Å². The summed E-state index contributed by atoms with van der Waals surface area (Å²) in [7, 11) is 0. The second kappa shape index (κ2) is 11.2. The molecule has 1 aliphatic rings. The Hall–Kier alpha value is -3.33. The lowest BCUT2D eigenvalue weighted by molar-refractivity contribution is -0.125. The molecule has 1 fully saturated rings. The molecule has 1 saturated heterocycles. The van der Waals surface area contributed by atoms with E-state index in [-0.39, 0.29) is 23.7 Å². The zero-order chi connectivity index (χ0) is 23.9. The molecule has 0 unspecified atom stereocenters. The molecule has 0 bridgehead atoms. The number of nitrogens with one attached hydrogen (secondary N) is 1. The number of pyridine rings is 1. The number of hydrogen-bond donors (Lipinski definition) is 1. The van der Waals surface area contributed by atoms with E-state index in [2.05, 4.69) is 25.3 Å². The third-order valence-electron chi connectivity index (χ3n) is 5.76. The van der Waals surface area contributed by atoms with Crippen molar-refractivity contribution in [2.75, 3.05) is 31.1 Å². The number of nitrogens with zero attached hydrogens (tertiary/aromatic N) is 4. The van der Waals surface area contributed by atoms with Gasteiger partial charge in [-0.2, -0.15) is 4.98 Å². The number of hydrogen-bond acceptors (Lipinski definition) is 7. The highest BCUT2D eigenvalue weighted by Crippen LogP contribution is 2.32. The summed E-state index contributed by atoms with van der Waals surface area (Å²) < 4.78 is 24.6. The Morgan fingerprint density at radius 1 is 1.26 bits per heavy atom. The van der Waals surface area contributed by atoms with Gasteiger partial charge in [-0.1, -0.05) is 17.3 Å². The first-order valence-corrected chi connectivity index (χ1v) is 11.7. The molecule has 3 heterocycles. The van der Waals surface area contributed by atoms with Crippen molar-refractivity contribution >= 4 is 11.7 Å². The maximum Gasteiger partial charge on any atom is 0.261 e. The summed E-state index contributed by atoms with van der Waals surface area (Å²) in [5.41, 5.74) is 1.26. The number of amides is 1. The fraction of sp³-hybridized carbons (Fsp3) is 0.440. The molecule has 4 rings (SSSR count). The Balaban J connectivity index is 1.37. The van der Waals surface area contributed by atoms with Crippen LogP contribution in [0.25, 0.3) is 22.8 Å². The number of carbonyl (C=O) groups is 1. The maximum absolute atomic E-state index is 13.6.